The summed E-state index contributed by atoms with van der Waals surface area (Å²) in [6, 6.07) is 0.849. The number of carbonyl (C=O) groups excluding carboxylic acids is 1. The number of aromatic nitrogens is 1. The smallest absolute Gasteiger partial charge is 0.266 e. The van der Waals surface area contributed by atoms with Gasteiger partial charge in [-0.05, 0) is 32.9 Å². The summed E-state index contributed by atoms with van der Waals surface area (Å²) in [7, 11) is 1.73. The highest BCUT2D eigenvalue weighted by atomic mass is 35.5. The van der Waals surface area contributed by atoms with Gasteiger partial charge in [0.15, 0.2) is 0 Å². The molecule has 2 N–H and O–H groups in total. The first-order valence-corrected chi connectivity index (χ1v) is 9.50. The fourth-order valence-corrected chi connectivity index (χ4v) is 3.67. The number of nitrogens with one attached hydrogen (secondary N) is 2. The molecule has 162 valence electrons. The first-order chi connectivity index (χ1) is 13.6. The Kier molecular flexibility index (Phi) is 7.33. The normalized spacial score (nSPS) is 14.3. The number of halogens is 3. The molecule has 30 heavy (non-hydrogen) atoms. The molecule has 11 heteroatoms. The van der Waals surface area contributed by atoms with Gasteiger partial charge in [0.25, 0.3) is 6.54 Å². The molecule has 3 rings (SSSR count). The lowest BCUT2D eigenvalue weighted by atomic mass is 9.99. The quantitative estimate of drug-likeness (QED) is 0.272. The summed E-state index contributed by atoms with van der Waals surface area (Å²) in [4.78, 5) is 34.9. The molecule has 1 heterocycles. The van der Waals surface area contributed by atoms with Gasteiger partial charge in [-0.25, -0.2) is 4.39 Å². The zero-order valence-corrected chi connectivity index (χ0v) is 17.9. The standard InChI is InChI=1S/C19H20ClFN4O4.ClH/c1-9(23-2)5-14(22)16-13(21)6-11-18(17(16)20)24(10-3-4-10)7-12(19(11)27)15(26)8-25(28)29;/h6-7,9-10,22-23H,3-5,8H2,1-2H3;1H/t9-;/m1./s1. The second kappa shape index (κ2) is 9.20. The van der Waals surface area contributed by atoms with Crippen LogP contribution in [0.5, 0.6) is 0 Å². The number of fused-ring (bicyclic) bond motifs is 1. The maximum Gasteiger partial charge on any atom is 0.266 e. The minimum atomic E-state index is -1.02. The van der Waals surface area contributed by atoms with Gasteiger partial charge in [-0.3, -0.25) is 19.7 Å². The summed E-state index contributed by atoms with van der Waals surface area (Å²) in [6.07, 6.45) is 3.06. The second-order valence-corrected chi connectivity index (χ2v) is 7.62. The number of Topliss-reactive ketones (excluding diaryl/α,β-unsaturated/α-hetero) is 1. The van der Waals surface area contributed by atoms with E-state index < -0.39 is 28.5 Å². The highest BCUT2D eigenvalue weighted by molar-refractivity contribution is 6.38. The number of hydrogen-bond donors (Lipinski definition) is 2. The van der Waals surface area contributed by atoms with Gasteiger partial charge >= 0.3 is 0 Å². The van der Waals surface area contributed by atoms with E-state index in [0.717, 1.165) is 18.9 Å². The highest BCUT2D eigenvalue weighted by Crippen LogP contribution is 2.40. The van der Waals surface area contributed by atoms with Gasteiger partial charge in [-0.1, -0.05) is 11.6 Å². The summed E-state index contributed by atoms with van der Waals surface area (Å²) < 4.78 is 16.5. The van der Waals surface area contributed by atoms with Crippen molar-refractivity contribution in [1.82, 2.24) is 9.88 Å². The van der Waals surface area contributed by atoms with Crippen LogP contribution in [-0.4, -0.2) is 40.6 Å². The zero-order chi connectivity index (χ0) is 21.5. The van der Waals surface area contributed by atoms with Crippen molar-refractivity contribution >= 4 is 46.4 Å². The molecule has 0 aliphatic heterocycles. The van der Waals surface area contributed by atoms with Crippen LogP contribution in [0.2, 0.25) is 5.02 Å². The van der Waals surface area contributed by atoms with E-state index in [4.69, 9.17) is 17.0 Å². The fraction of sp³-hybridized carbons (Fsp3) is 0.421. The van der Waals surface area contributed by atoms with E-state index in [9.17, 15) is 24.1 Å². The molecule has 2 aromatic rings. The minimum absolute atomic E-state index is 0. The molecular formula is C19H21Cl2FN4O4. The second-order valence-electron chi connectivity index (χ2n) is 7.24. The van der Waals surface area contributed by atoms with Gasteiger partial charge in [0, 0.05) is 35.3 Å². The SMILES string of the molecule is CN[C@H](C)CC(=N)c1c(F)cc2c(=O)c(C(=O)C[N+](=O)[O-])cn(C3CC3)c2c1Cl.Cl. The lowest BCUT2D eigenvalue weighted by Crippen LogP contribution is -2.26. The molecule has 1 aliphatic rings. The predicted octanol–water partition coefficient (Wildman–Crippen LogP) is 3.38. The van der Waals surface area contributed by atoms with Crippen LogP contribution in [0.25, 0.3) is 10.9 Å². The van der Waals surface area contributed by atoms with Crippen LogP contribution in [-0.2, 0) is 0 Å². The number of rotatable bonds is 8. The monoisotopic (exact) mass is 458 g/mol. The van der Waals surface area contributed by atoms with E-state index in [2.05, 4.69) is 5.32 Å². The van der Waals surface area contributed by atoms with Crippen molar-refractivity contribution in [2.45, 2.75) is 38.3 Å². The molecule has 8 nitrogen and oxygen atoms in total. The van der Waals surface area contributed by atoms with Crippen molar-refractivity contribution < 1.29 is 14.1 Å². The molecule has 1 fully saturated rings. The lowest BCUT2D eigenvalue weighted by molar-refractivity contribution is -0.465. The van der Waals surface area contributed by atoms with Gasteiger partial charge in [0.2, 0.25) is 11.2 Å². The Labute approximate surface area is 182 Å². The summed E-state index contributed by atoms with van der Waals surface area (Å²) in [5.74, 6) is -1.78. The minimum Gasteiger partial charge on any atom is -0.342 e. The Morgan fingerprint density at radius 2 is 2.13 bits per heavy atom. The number of nitrogens with zero attached hydrogens (tertiary/aromatic N) is 2. The Morgan fingerprint density at radius 1 is 1.50 bits per heavy atom. The van der Waals surface area contributed by atoms with Gasteiger partial charge in [0.1, 0.15) is 5.82 Å². The average Bonchev–Trinajstić information content (AvgIpc) is 3.46. The number of nitro groups is 1. The summed E-state index contributed by atoms with van der Waals surface area (Å²) in [6.45, 7) is 0.820. The van der Waals surface area contributed by atoms with Crippen molar-refractivity contribution in [2.24, 2.45) is 0 Å². The summed E-state index contributed by atoms with van der Waals surface area (Å²) in [5, 5.41) is 21.8. The molecule has 0 unspecified atom stereocenters. The largest absolute Gasteiger partial charge is 0.342 e. The van der Waals surface area contributed by atoms with Crippen LogP contribution in [0, 0.1) is 21.3 Å². The van der Waals surface area contributed by atoms with Crippen molar-refractivity contribution in [1.29, 1.82) is 5.41 Å². The Hall–Kier alpha value is -2.36. The van der Waals surface area contributed by atoms with E-state index in [1.807, 2.05) is 6.92 Å². The maximum absolute atomic E-state index is 14.9. The van der Waals surface area contributed by atoms with Gasteiger partial charge in [0.05, 0.1) is 27.1 Å². The molecule has 1 atom stereocenters. The fourth-order valence-electron chi connectivity index (χ4n) is 3.27. The first-order valence-electron chi connectivity index (χ1n) is 9.12. The van der Waals surface area contributed by atoms with Crippen LogP contribution >= 0.6 is 24.0 Å². The van der Waals surface area contributed by atoms with Crippen LogP contribution in [0.3, 0.4) is 0 Å². The van der Waals surface area contributed by atoms with E-state index in [0.29, 0.717) is 0 Å². The van der Waals surface area contributed by atoms with E-state index in [-0.39, 0.29) is 63.7 Å². The first kappa shape index (κ1) is 23.9. The molecule has 1 aromatic heterocycles. The third-order valence-electron chi connectivity index (χ3n) is 5.03. The summed E-state index contributed by atoms with van der Waals surface area (Å²) in [5.41, 5.74) is -1.01. The Balaban J connectivity index is 0.00000320. The average molecular weight is 459 g/mol. The number of ketones is 1. The molecule has 1 aromatic carbocycles. The Bertz CT molecular complexity index is 1100. The number of hydrogen-bond acceptors (Lipinski definition) is 6. The number of carbonyl (C=O) groups is 1. The van der Waals surface area contributed by atoms with Crippen LogP contribution < -0.4 is 10.7 Å². The number of benzene rings is 1. The van der Waals surface area contributed by atoms with Crippen molar-refractivity contribution in [2.75, 3.05) is 13.6 Å². The van der Waals surface area contributed by atoms with E-state index >= 15 is 0 Å². The van der Waals surface area contributed by atoms with Crippen molar-refractivity contribution in [3.63, 3.8) is 0 Å². The summed E-state index contributed by atoms with van der Waals surface area (Å²) >= 11 is 6.48. The van der Waals surface area contributed by atoms with E-state index in [1.54, 1.807) is 11.6 Å². The molecule has 0 saturated heterocycles. The topological polar surface area (TPSA) is 118 Å². The third kappa shape index (κ3) is 4.53. The lowest BCUT2D eigenvalue weighted by Gasteiger charge is -2.18. The highest BCUT2D eigenvalue weighted by Gasteiger charge is 2.30. The molecule has 0 spiro atoms. The van der Waals surface area contributed by atoms with Crippen LogP contribution in [0.1, 0.15) is 48.1 Å². The third-order valence-corrected chi connectivity index (χ3v) is 5.39. The maximum atomic E-state index is 14.9. The zero-order valence-electron chi connectivity index (χ0n) is 16.3. The molecule has 0 amide bonds. The molecular weight excluding hydrogens is 438 g/mol. The van der Waals surface area contributed by atoms with Gasteiger partial charge in [-0.15, -0.1) is 12.4 Å². The van der Waals surface area contributed by atoms with Crippen LogP contribution in [0.15, 0.2) is 17.1 Å². The van der Waals surface area contributed by atoms with Gasteiger partial charge < -0.3 is 15.3 Å². The van der Waals surface area contributed by atoms with Crippen LogP contribution in [0.4, 0.5) is 4.39 Å². The Morgan fingerprint density at radius 3 is 2.67 bits per heavy atom. The predicted molar refractivity (Wildman–Crippen MR) is 115 cm³/mol. The van der Waals surface area contributed by atoms with Crippen molar-refractivity contribution in [3.05, 3.63) is 54.6 Å². The van der Waals surface area contributed by atoms with E-state index in [1.165, 1.54) is 6.20 Å². The molecule has 0 bridgehead atoms. The number of pyridine rings is 1. The van der Waals surface area contributed by atoms with Gasteiger partial charge in [-0.2, -0.15) is 0 Å². The van der Waals surface area contributed by atoms with Crippen molar-refractivity contribution in [3.8, 4) is 0 Å². The molecule has 1 saturated carbocycles. The molecule has 0 radical (unpaired) electrons. The molecule has 1 aliphatic carbocycles.